The highest BCUT2D eigenvalue weighted by molar-refractivity contribution is 5.83. The van der Waals surface area contributed by atoms with Crippen molar-refractivity contribution in [1.29, 1.82) is 0 Å². The Bertz CT molecular complexity index is 385. The summed E-state index contributed by atoms with van der Waals surface area (Å²) in [7, 11) is 0. The Balaban J connectivity index is 2.79. The lowest BCUT2D eigenvalue weighted by Crippen LogP contribution is -1.88. The van der Waals surface area contributed by atoms with E-state index in [-0.39, 0.29) is 5.82 Å². The lowest BCUT2D eigenvalue weighted by molar-refractivity contribution is 0.629. The van der Waals surface area contributed by atoms with Crippen LogP contribution in [-0.2, 0) is 0 Å². The Morgan fingerprint density at radius 2 is 2.00 bits per heavy atom. The van der Waals surface area contributed by atoms with Crippen LogP contribution >= 0.6 is 0 Å². The van der Waals surface area contributed by atoms with Crippen molar-refractivity contribution in [3.05, 3.63) is 36.3 Å². The Hall–Kier alpha value is -1.64. The van der Waals surface area contributed by atoms with E-state index in [0.717, 1.165) is 10.8 Å². The maximum atomic E-state index is 12.7. The quantitative estimate of drug-likeness (QED) is 0.643. The van der Waals surface area contributed by atoms with E-state index in [1.54, 1.807) is 18.3 Å². The van der Waals surface area contributed by atoms with Crippen LogP contribution in [0.4, 0.5) is 10.2 Å². The van der Waals surface area contributed by atoms with Crippen molar-refractivity contribution in [2.24, 2.45) is 0 Å². The molecule has 0 aliphatic rings. The summed E-state index contributed by atoms with van der Waals surface area (Å²) < 4.78 is 12.7. The molecule has 0 fully saturated rings. The molecule has 1 aromatic carbocycles. The molecule has 0 aliphatic carbocycles. The first kappa shape index (κ1) is 7.03. The first-order valence-electron chi connectivity index (χ1n) is 3.56. The van der Waals surface area contributed by atoms with Gasteiger partial charge in [0.15, 0.2) is 0 Å². The second kappa shape index (κ2) is 2.44. The molecular weight excluding hydrogens is 155 g/mol. The largest absolute Gasteiger partial charge is 0.384 e. The summed E-state index contributed by atoms with van der Waals surface area (Å²) in [4.78, 5) is 3.86. The van der Waals surface area contributed by atoms with Gasteiger partial charge in [-0.1, -0.05) is 6.07 Å². The summed E-state index contributed by atoms with van der Waals surface area (Å²) in [6.45, 7) is 0. The zero-order chi connectivity index (χ0) is 8.55. The van der Waals surface area contributed by atoms with Crippen LogP contribution in [0.3, 0.4) is 0 Å². The average Bonchev–Trinajstić information content (AvgIpc) is 2.05. The van der Waals surface area contributed by atoms with Crippen LogP contribution in [0.1, 0.15) is 0 Å². The van der Waals surface area contributed by atoms with Gasteiger partial charge in [0.2, 0.25) is 0 Å². The SMILES string of the molecule is Nc1cc2ccc(F)cc2cn1. The summed E-state index contributed by atoms with van der Waals surface area (Å²) >= 11 is 0. The topological polar surface area (TPSA) is 38.9 Å². The van der Waals surface area contributed by atoms with Crippen molar-refractivity contribution in [3.8, 4) is 0 Å². The van der Waals surface area contributed by atoms with Crippen molar-refractivity contribution >= 4 is 16.6 Å². The molecule has 12 heavy (non-hydrogen) atoms. The third-order valence-electron chi connectivity index (χ3n) is 1.70. The molecule has 3 heteroatoms. The molecule has 60 valence electrons. The van der Waals surface area contributed by atoms with Crippen LogP contribution in [0, 0.1) is 5.82 Å². The second-order valence-electron chi connectivity index (χ2n) is 2.60. The monoisotopic (exact) mass is 162 g/mol. The molecule has 2 rings (SSSR count). The van der Waals surface area contributed by atoms with Gasteiger partial charge in [0.05, 0.1) is 0 Å². The maximum absolute atomic E-state index is 12.7. The lowest BCUT2D eigenvalue weighted by Gasteiger charge is -1.97. The van der Waals surface area contributed by atoms with E-state index < -0.39 is 0 Å². The minimum Gasteiger partial charge on any atom is -0.384 e. The van der Waals surface area contributed by atoms with Gasteiger partial charge in [0.1, 0.15) is 11.6 Å². The molecule has 0 bridgehead atoms. The molecule has 0 spiro atoms. The smallest absolute Gasteiger partial charge is 0.123 e. The minimum absolute atomic E-state index is 0.255. The fourth-order valence-corrected chi connectivity index (χ4v) is 1.13. The molecular formula is C9H7FN2. The molecule has 0 atom stereocenters. The number of halogens is 1. The molecule has 1 heterocycles. The molecule has 0 radical (unpaired) electrons. The van der Waals surface area contributed by atoms with Gasteiger partial charge < -0.3 is 5.73 Å². The van der Waals surface area contributed by atoms with Crippen LogP contribution in [0.5, 0.6) is 0 Å². The highest BCUT2D eigenvalue weighted by atomic mass is 19.1. The highest BCUT2D eigenvalue weighted by Crippen LogP contribution is 2.15. The van der Waals surface area contributed by atoms with E-state index in [9.17, 15) is 4.39 Å². The van der Waals surface area contributed by atoms with Crippen molar-refractivity contribution in [2.75, 3.05) is 5.73 Å². The molecule has 1 aromatic heterocycles. The van der Waals surface area contributed by atoms with Gasteiger partial charge in [-0.2, -0.15) is 0 Å². The van der Waals surface area contributed by atoms with Gasteiger partial charge in [-0.3, -0.25) is 0 Å². The third-order valence-corrected chi connectivity index (χ3v) is 1.70. The number of nitrogen functional groups attached to an aromatic ring is 1. The number of hydrogen-bond donors (Lipinski definition) is 1. The first-order valence-corrected chi connectivity index (χ1v) is 3.56. The van der Waals surface area contributed by atoms with E-state index in [1.807, 2.05) is 0 Å². The summed E-state index contributed by atoms with van der Waals surface area (Å²) in [5, 5.41) is 1.67. The fourth-order valence-electron chi connectivity index (χ4n) is 1.13. The number of nitrogens with two attached hydrogens (primary N) is 1. The molecule has 2 nitrogen and oxygen atoms in total. The van der Waals surface area contributed by atoms with Gasteiger partial charge in [-0.05, 0) is 23.6 Å². The molecule has 2 N–H and O–H groups in total. The number of fused-ring (bicyclic) bond motifs is 1. The minimum atomic E-state index is -0.255. The Morgan fingerprint density at radius 1 is 1.17 bits per heavy atom. The molecule has 0 aliphatic heterocycles. The Kier molecular flexibility index (Phi) is 1.43. The van der Waals surface area contributed by atoms with Crippen LogP contribution in [0.25, 0.3) is 10.8 Å². The Labute approximate surface area is 68.8 Å². The van der Waals surface area contributed by atoms with E-state index in [0.29, 0.717) is 5.82 Å². The fraction of sp³-hybridized carbons (Fsp3) is 0. The van der Waals surface area contributed by atoms with E-state index >= 15 is 0 Å². The molecule has 2 aromatic rings. The van der Waals surface area contributed by atoms with Gasteiger partial charge in [-0.15, -0.1) is 0 Å². The van der Waals surface area contributed by atoms with Gasteiger partial charge >= 0.3 is 0 Å². The van der Waals surface area contributed by atoms with Crippen LogP contribution < -0.4 is 5.73 Å². The standard InChI is InChI=1S/C9H7FN2/c10-8-2-1-6-4-9(11)12-5-7(6)3-8/h1-5H,(H2,11,12). The van der Waals surface area contributed by atoms with Crippen molar-refractivity contribution in [3.63, 3.8) is 0 Å². The summed E-state index contributed by atoms with van der Waals surface area (Å²) in [5.41, 5.74) is 5.46. The van der Waals surface area contributed by atoms with E-state index in [1.165, 1.54) is 12.1 Å². The Morgan fingerprint density at radius 3 is 2.83 bits per heavy atom. The average molecular weight is 162 g/mol. The molecule has 0 amide bonds. The van der Waals surface area contributed by atoms with Crippen LogP contribution in [0.2, 0.25) is 0 Å². The number of anilines is 1. The molecule has 0 saturated heterocycles. The lowest BCUT2D eigenvalue weighted by atomic mass is 10.2. The second-order valence-corrected chi connectivity index (χ2v) is 2.60. The molecule has 0 unspecified atom stereocenters. The molecule has 0 saturated carbocycles. The number of hydrogen-bond acceptors (Lipinski definition) is 2. The number of pyridine rings is 1. The van der Waals surface area contributed by atoms with Crippen LogP contribution in [0.15, 0.2) is 30.5 Å². The van der Waals surface area contributed by atoms with Crippen molar-refractivity contribution in [2.45, 2.75) is 0 Å². The number of nitrogens with zero attached hydrogens (tertiary/aromatic N) is 1. The van der Waals surface area contributed by atoms with Crippen molar-refractivity contribution in [1.82, 2.24) is 4.98 Å². The highest BCUT2D eigenvalue weighted by Gasteiger charge is 1.95. The number of benzene rings is 1. The van der Waals surface area contributed by atoms with Gasteiger partial charge in [0, 0.05) is 11.6 Å². The van der Waals surface area contributed by atoms with E-state index in [4.69, 9.17) is 5.73 Å². The number of rotatable bonds is 0. The van der Waals surface area contributed by atoms with Gasteiger partial charge in [-0.25, -0.2) is 9.37 Å². The van der Waals surface area contributed by atoms with Gasteiger partial charge in [0.25, 0.3) is 0 Å². The summed E-state index contributed by atoms with van der Waals surface area (Å²) in [6, 6.07) is 6.24. The summed E-state index contributed by atoms with van der Waals surface area (Å²) in [5.74, 6) is 0.197. The predicted octanol–water partition coefficient (Wildman–Crippen LogP) is 1.96. The first-order chi connectivity index (χ1) is 5.75. The summed E-state index contributed by atoms with van der Waals surface area (Å²) in [6.07, 6.45) is 1.56. The van der Waals surface area contributed by atoms with E-state index in [2.05, 4.69) is 4.98 Å². The zero-order valence-electron chi connectivity index (χ0n) is 6.29. The predicted molar refractivity (Wildman–Crippen MR) is 46.1 cm³/mol. The zero-order valence-corrected chi connectivity index (χ0v) is 6.29. The van der Waals surface area contributed by atoms with Crippen LogP contribution in [-0.4, -0.2) is 4.98 Å². The third kappa shape index (κ3) is 1.09. The normalized spacial score (nSPS) is 10.4. The van der Waals surface area contributed by atoms with Crippen molar-refractivity contribution < 1.29 is 4.39 Å². The maximum Gasteiger partial charge on any atom is 0.123 e. The number of aromatic nitrogens is 1.